The summed E-state index contributed by atoms with van der Waals surface area (Å²) in [5.74, 6) is -0.752. The summed E-state index contributed by atoms with van der Waals surface area (Å²) < 4.78 is 31.1. The molecule has 0 aromatic heterocycles. The lowest BCUT2D eigenvalue weighted by Crippen LogP contribution is -2.12. The van der Waals surface area contributed by atoms with E-state index in [4.69, 9.17) is 21.4 Å². The van der Waals surface area contributed by atoms with Crippen LogP contribution in [0.3, 0.4) is 0 Å². The quantitative estimate of drug-likeness (QED) is 0.249. The van der Waals surface area contributed by atoms with Gasteiger partial charge in [0.05, 0.1) is 0 Å². The van der Waals surface area contributed by atoms with E-state index >= 15 is 0 Å². The summed E-state index contributed by atoms with van der Waals surface area (Å²) in [5, 5.41) is 20.5. The Balaban J connectivity index is 3.47. The van der Waals surface area contributed by atoms with Crippen molar-refractivity contribution in [3.8, 4) is 11.9 Å². The van der Waals surface area contributed by atoms with Crippen LogP contribution in [-0.4, -0.2) is 29.5 Å². The zero-order valence-electron chi connectivity index (χ0n) is 9.45. The van der Waals surface area contributed by atoms with Crippen LogP contribution in [0, 0.1) is 11.5 Å². The van der Waals surface area contributed by atoms with Crippen molar-refractivity contribution in [1.82, 2.24) is 5.32 Å². The molecule has 1 rings (SSSR count). The zero-order valence-corrected chi connectivity index (χ0v) is 11.8. The van der Waals surface area contributed by atoms with Gasteiger partial charge in [0.2, 0.25) is 0 Å². The van der Waals surface area contributed by atoms with E-state index in [1.165, 1.54) is 6.07 Å². The Hall–Kier alpha value is -1.47. The fourth-order valence-corrected chi connectivity index (χ4v) is 2.36. The normalized spacial score (nSPS) is 12.0. The minimum Gasteiger partial charge on any atom is -0.504 e. The number of phenols is 1. The number of hydrogen-bond acceptors (Lipinski definition) is 6. The zero-order chi connectivity index (χ0) is 14.6. The van der Waals surface area contributed by atoms with Gasteiger partial charge in [-0.15, -0.1) is 0 Å². The van der Waals surface area contributed by atoms with Gasteiger partial charge in [0.15, 0.2) is 17.1 Å². The fraction of sp³-hybridized carbons (Fsp3) is 0.111. The van der Waals surface area contributed by atoms with Gasteiger partial charge in [0.1, 0.15) is 10.6 Å². The number of aliphatic imine (C=N–C) groups is 1. The van der Waals surface area contributed by atoms with Crippen LogP contribution in [0.25, 0.3) is 0 Å². The third kappa shape index (κ3) is 4.00. The van der Waals surface area contributed by atoms with E-state index in [0.717, 1.165) is 17.8 Å². The molecule has 0 amide bonds. The van der Waals surface area contributed by atoms with Crippen molar-refractivity contribution in [2.45, 2.75) is 4.90 Å². The monoisotopic (exact) mass is 321 g/mol. The summed E-state index contributed by atoms with van der Waals surface area (Å²) >= 11 is 6.75. The van der Waals surface area contributed by atoms with Gasteiger partial charge in [-0.25, -0.2) is 4.99 Å². The minimum atomic E-state index is -4.63. The van der Waals surface area contributed by atoms with Crippen molar-refractivity contribution >= 4 is 44.3 Å². The van der Waals surface area contributed by atoms with E-state index in [2.05, 4.69) is 10.3 Å². The van der Waals surface area contributed by atoms with E-state index < -0.39 is 20.8 Å². The summed E-state index contributed by atoms with van der Waals surface area (Å²) in [7, 11) is -4.63. The smallest absolute Gasteiger partial charge is 0.298 e. The number of amidine groups is 1. The Morgan fingerprint density at radius 2 is 2.21 bits per heavy atom. The first-order valence-electron chi connectivity index (χ1n) is 4.57. The molecule has 0 aliphatic rings. The van der Waals surface area contributed by atoms with Crippen LogP contribution >= 0.6 is 23.4 Å². The molecule has 0 aliphatic carbocycles. The first-order valence-corrected chi connectivity index (χ1v) is 7.61. The maximum atomic E-state index is 11.1. The van der Waals surface area contributed by atoms with Crippen LogP contribution in [0.5, 0.6) is 5.75 Å². The second-order valence-corrected chi connectivity index (χ2v) is 5.73. The van der Waals surface area contributed by atoms with Gasteiger partial charge in [-0.05, 0) is 18.4 Å². The molecule has 10 heteroatoms. The van der Waals surface area contributed by atoms with Crippen LogP contribution in [-0.2, 0) is 10.1 Å². The number of nitriles is 1. The van der Waals surface area contributed by atoms with E-state index in [0.29, 0.717) is 0 Å². The average Bonchev–Trinajstić information content (AvgIpc) is 2.31. The lowest BCUT2D eigenvalue weighted by Gasteiger charge is -2.06. The highest BCUT2D eigenvalue weighted by molar-refractivity contribution is 8.13. The molecule has 0 aliphatic heterocycles. The van der Waals surface area contributed by atoms with E-state index in [-0.39, 0.29) is 15.9 Å². The summed E-state index contributed by atoms with van der Waals surface area (Å²) in [4.78, 5) is 3.08. The first kappa shape index (κ1) is 15.6. The molecule has 1 aromatic carbocycles. The molecule has 0 fully saturated rings. The largest absolute Gasteiger partial charge is 0.504 e. The second kappa shape index (κ2) is 6.12. The molecule has 0 saturated carbocycles. The second-order valence-electron chi connectivity index (χ2n) is 3.10. The van der Waals surface area contributed by atoms with Crippen molar-refractivity contribution in [3.63, 3.8) is 0 Å². The van der Waals surface area contributed by atoms with Gasteiger partial charge in [-0.2, -0.15) is 13.7 Å². The predicted molar refractivity (Wildman–Crippen MR) is 72.3 cm³/mol. The maximum Gasteiger partial charge on any atom is 0.298 e. The number of phenolic OH excluding ortho intramolecular Hbond substituents is 1. The molecule has 102 valence electrons. The molecular formula is C9H8ClN3O4S2. The standard InChI is InChI=1S/C9H8ClN3O4S2/c1-18-9(12-4-11)13-6-2-5(10)3-7(8(6)14)19(15,16)17/h2-3,14H,1H3,(H,12,13)(H,15,16,17). The Morgan fingerprint density at radius 1 is 1.58 bits per heavy atom. The fourth-order valence-electron chi connectivity index (χ4n) is 1.12. The van der Waals surface area contributed by atoms with Gasteiger partial charge >= 0.3 is 0 Å². The molecule has 7 nitrogen and oxygen atoms in total. The van der Waals surface area contributed by atoms with Crippen LogP contribution in [0.4, 0.5) is 5.69 Å². The molecular weight excluding hydrogens is 314 g/mol. The highest BCUT2D eigenvalue weighted by atomic mass is 35.5. The van der Waals surface area contributed by atoms with E-state index in [1.54, 1.807) is 12.4 Å². The van der Waals surface area contributed by atoms with Gasteiger partial charge in [-0.3, -0.25) is 9.87 Å². The lowest BCUT2D eigenvalue weighted by atomic mass is 10.3. The van der Waals surface area contributed by atoms with Crippen molar-refractivity contribution < 1.29 is 18.1 Å². The number of rotatable bonds is 2. The average molecular weight is 322 g/mol. The van der Waals surface area contributed by atoms with Crippen LogP contribution in [0.1, 0.15) is 0 Å². The highest BCUT2D eigenvalue weighted by Crippen LogP contribution is 2.36. The maximum absolute atomic E-state index is 11.1. The van der Waals surface area contributed by atoms with Crippen LogP contribution < -0.4 is 5.32 Å². The molecule has 0 saturated heterocycles. The molecule has 3 N–H and O–H groups in total. The van der Waals surface area contributed by atoms with Crippen molar-refractivity contribution in [1.29, 1.82) is 5.26 Å². The summed E-state index contributed by atoms with van der Waals surface area (Å²) in [6, 6.07) is 2.09. The minimum absolute atomic E-state index is 0.0402. The Kier molecular flexibility index (Phi) is 5.02. The summed E-state index contributed by atoms with van der Waals surface area (Å²) in [5.41, 5.74) is -0.188. The Bertz CT molecular complexity index is 667. The Morgan fingerprint density at radius 3 is 2.68 bits per heavy atom. The molecule has 0 heterocycles. The van der Waals surface area contributed by atoms with Gasteiger partial charge in [0, 0.05) is 5.02 Å². The predicted octanol–water partition coefficient (Wildman–Crippen LogP) is 1.71. The number of benzene rings is 1. The number of hydrogen-bond donors (Lipinski definition) is 3. The molecule has 0 bridgehead atoms. The van der Waals surface area contributed by atoms with Crippen molar-refractivity contribution in [2.24, 2.45) is 4.99 Å². The topological polar surface area (TPSA) is 123 Å². The van der Waals surface area contributed by atoms with E-state index in [9.17, 15) is 13.5 Å². The van der Waals surface area contributed by atoms with Crippen LogP contribution in [0.2, 0.25) is 5.02 Å². The van der Waals surface area contributed by atoms with Crippen molar-refractivity contribution in [3.05, 3.63) is 17.2 Å². The van der Waals surface area contributed by atoms with Gasteiger partial charge in [-0.1, -0.05) is 23.4 Å². The summed E-state index contributed by atoms with van der Waals surface area (Å²) in [6.45, 7) is 0. The number of nitrogens with one attached hydrogen (secondary N) is 1. The Labute approximate surface area is 118 Å². The SMILES string of the molecule is CSC(=Nc1cc(Cl)cc(S(=O)(=O)O)c1O)NC#N. The van der Waals surface area contributed by atoms with Gasteiger partial charge < -0.3 is 5.11 Å². The molecule has 0 atom stereocenters. The number of nitrogens with zero attached hydrogens (tertiary/aromatic N) is 2. The molecule has 19 heavy (non-hydrogen) atoms. The van der Waals surface area contributed by atoms with Gasteiger partial charge in [0.25, 0.3) is 10.1 Å². The summed E-state index contributed by atoms with van der Waals surface area (Å²) in [6.07, 6.45) is 3.25. The number of thioether (sulfide) groups is 1. The first-order chi connectivity index (χ1) is 8.79. The molecule has 0 spiro atoms. The lowest BCUT2D eigenvalue weighted by molar-refractivity contribution is 0.444. The molecule has 1 aromatic rings. The number of aromatic hydroxyl groups is 1. The molecule has 0 radical (unpaired) electrons. The third-order valence-corrected chi connectivity index (χ3v) is 3.54. The van der Waals surface area contributed by atoms with Crippen LogP contribution in [0.15, 0.2) is 22.0 Å². The molecule has 0 unspecified atom stereocenters. The van der Waals surface area contributed by atoms with E-state index in [1.807, 2.05) is 0 Å². The van der Waals surface area contributed by atoms with Crippen molar-refractivity contribution in [2.75, 3.05) is 6.26 Å². The third-order valence-electron chi connectivity index (χ3n) is 1.88. The number of halogens is 1. The highest BCUT2D eigenvalue weighted by Gasteiger charge is 2.19.